The van der Waals surface area contributed by atoms with Gasteiger partial charge in [-0.25, -0.2) is 0 Å². The van der Waals surface area contributed by atoms with E-state index in [9.17, 15) is 0 Å². The molecular formula is C19H32N2. The van der Waals surface area contributed by atoms with Crippen molar-refractivity contribution in [1.82, 2.24) is 10.2 Å². The van der Waals surface area contributed by atoms with Crippen LogP contribution in [-0.2, 0) is 0 Å². The van der Waals surface area contributed by atoms with Gasteiger partial charge in [0.2, 0.25) is 0 Å². The largest absolute Gasteiger partial charge is 0.312 e. The van der Waals surface area contributed by atoms with Crippen molar-refractivity contribution in [3.8, 4) is 0 Å². The monoisotopic (exact) mass is 288 g/mol. The molecule has 2 rings (SSSR count). The molecule has 0 aromatic heterocycles. The van der Waals surface area contributed by atoms with E-state index in [-0.39, 0.29) is 0 Å². The van der Waals surface area contributed by atoms with Gasteiger partial charge in [-0.1, -0.05) is 37.1 Å². The maximum Gasteiger partial charge on any atom is 0.0449 e. The second-order valence-corrected chi connectivity index (χ2v) is 6.71. The van der Waals surface area contributed by atoms with Gasteiger partial charge in [0.25, 0.3) is 0 Å². The first-order valence-corrected chi connectivity index (χ1v) is 8.60. The minimum absolute atomic E-state index is 0.448. The Bertz CT molecular complexity index is 441. The fourth-order valence-electron chi connectivity index (χ4n) is 3.64. The smallest absolute Gasteiger partial charge is 0.0449 e. The van der Waals surface area contributed by atoms with Gasteiger partial charge in [-0.3, -0.25) is 0 Å². The zero-order chi connectivity index (χ0) is 15.2. The topological polar surface area (TPSA) is 15.3 Å². The Balaban J connectivity index is 2.01. The van der Waals surface area contributed by atoms with Gasteiger partial charge >= 0.3 is 0 Å². The fraction of sp³-hybridized carbons (Fsp3) is 0.684. The highest BCUT2D eigenvalue weighted by atomic mass is 15.1. The van der Waals surface area contributed by atoms with Gasteiger partial charge in [0.05, 0.1) is 0 Å². The van der Waals surface area contributed by atoms with Crippen LogP contribution in [0, 0.1) is 19.8 Å². The zero-order valence-electron chi connectivity index (χ0n) is 14.3. The number of likely N-dealkylation sites (N-methyl/N-ethyl adjacent to an activating group) is 1. The molecule has 21 heavy (non-hydrogen) atoms. The minimum Gasteiger partial charge on any atom is -0.312 e. The van der Waals surface area contributed by atoms with Crippen LogP contribution in [0.5, 0.6) is 0 Å². The summed E-state index contributed by atoms with van der Waals surface area (Å²) in [6.07, 6.45) is 5.50. The van der Waals surface area contributed by atoms with Crippen LogP contribution in [0.25, 0.3) is 0 Å². The van der Waals surface area contributed by atoms with Crippen molar-refractivity contribution in [3.05, 3.63) is 34.9 Å². The first kappa shape index (κ1) is 16.5. The Labute approximate surface area is 130 Å². The normalized spacial score (nSPS) is 22.0. The molecule has 0 saturated carbocycles. The molecule has 1 heterocycles. The number of likely N-dealkylation sites (tertiary alicyclic amines) is 1. The van der Waals surface area contributed by atoms with Gasteiger partial charge in [0, 0.05) is 12.6 Å². The van der Waals surface area contributed by atoms with Gasteiger partial charge in [-0.15, -0.1) is 0 Å². The van der Waals surface area contributed by atoms with E-state index in [0.29, 0.717) is 6.04 Å². The Morgan fingerprint density at radius 1 is 1.24 bits per heavy atom. The summed E-state index contributed by atoms with van der Waals surface area (Å²) in [5.41, 5.74) is 4.22. The summed E-state index contributed by atoms with van der Waals surface area (Å²) in [5.74, 6) is 0.948. The standard InChI is InChI=1S/C19H32N2/c1-5-17-7-6-11-21(12-10-17)14-19(20-4)18-9-8-15(2)13-16(18)3/h8-9,13,17,19-20H,5-7,10-12,14H2,1-4H3. The van der Waals surface area contributed by atoms with Gasteiger partial charge in [-0.2, -0.15) is 0 Å². The summed E-state index contributed by atoms with van der Waals surface area (Å²) in [4.78, 5) is 2.66. The van der Waals surface area contributed by atoms with E-state index in [2.05, 4.69) is 56.2 Å². The summed E-state index contributed by atoms with van der Waals surface area (Å²) >= 11 is 0. The molecule has 2 heteroatoms. The van der Waals surface area contributed by atoms with E-state index in [1.807, 2.05) is 0 Å². The highest BCUT2D eigenvalue weighted by molar-refractivity contribution is 5.33. The Hall–Kier alpha value is -0.860. The summed E-state index contributed by atoms with van der Waals surface area (Å²) in [5, 5.41) is 3.53. The van der Waals surface area contributed by atoms with Crippen LogP contribution in [0.1, 0.15) is 55.3 Å². The number of hydrogen-bond acceptors (Lipinski definition) is 2. The molecule has 1 saturated heterocycles. The van der Waals surface area contributed by atoms with Gasteiger partial charge in [0.15, 0.2) is 0 Å². The molecule has 1 aliphatic heterocycles. The maximum absolute atomic E-state index is 3.53. The number of rotatable bonds is 5. The molecule has 1 N–H and O–H groups in total. The molecule has 0 aliphatic carbocycles. The molecule has 0 spiro atoms. The summed E-state index contributed by atoms with van der Waals surface area (Å²) in [7, 11) is 2.09. The average Bonchev–Trinajstić information content (AvgIpc) is 2.70. The van der Waals surface area contributed by atoms with Crippen LogP contribution < -0.4 is 5.32 Å². The number of nitrogens with one attached hydrogen (secondary N) is 1. The Morgan fingerprint density at radius 2 is 2.05 bits per heavy atom. The molecule has 2 atom stereocenters. The maximum atomic E-state index is 3.53. The van der Waals surface area contributed by atoms with Gasteiger partial charge in [-0.05, 0) is 70.3 Å². The van der Waals surface area contributed by atoms with Crippen molar-refractivity contribution in [3.63, 3.8) is 0 Å². The van der Waals surface area contributed by atoms with Crippen molar-refractivity contribution in [2.45, 2.75) is 52.5 Å². The average molecular weight is 288 g/mol. The Morgan fingerprint density at radius 3 is 2.71 bits per heavy atom. The zero-order valence-corrected chi connectivity index (χ0v) is 14.3. The van der Waals surface area contributed by atoms with Crippen molar-refractivity contribution in [1.29, 1.82) is 0 Å². The third-order valence-corrected chi connectivity index (χ3v) is 5.11. The molecule has 1 aliphatic rings. The quantitative estimate of drug-likeness (QED) is 0.878. The van der Waals surface area contributed by atoms with Gasteiger partial charge < -0.3 is 10.2 Å². The van der Waals surface area contributed by atoms with Crippen LogP contribution in [0.2, 0.25) is 0 Å². The van der Waals surface area contributed by atoms with Crippen LogP contribution in [0.15, 0.2) is 18.2 Å². The third kappa shape index (κ3) is 4.55. The fourth-order valence-corrected chi connectivity index (χ4v) is 3.64. The van der Waals surface area contributed by atoms with Crippen LogP contribution in [0.3, 0.4) is 0 Å². The van der Waals surface area contributed by atoms with Crippen LogP contribution in [0.4, 0.5) is 0 Å². The minimum atomic E-state index is 0.448. The van der Waals surface area contributed by atoms with E-state index in [1.165, 1.54) is 55.5 Å². The number of nitrogens with zero attached hydrogens (tertiary/aromatic N) is 1. The Kier molecular flexibility index (Phi) is 6.25. The molecule has 0 amide bonds. The SMILES string of the molecule is CCC1CCCN(CC(NC)c2ccc(C)cc2C)CC1. The molecule has 1 fully saturated rings. The highest BCUT2D eigenvalue weighted by Gasteiger charge is 2.20. The van der Waals surface area contributed by atoms with E-state index in [0.717, 1.165) is 12.5 Å². The predicted molar refractivity (Wildman–Crippen MR) is 91.8 cm³/mol. The lowest BCUT2D eigenvalue weighted by atomic mass is 9.98. The molecule has 0 bridgehead atoms. The van der Waals surface area contributed by atoms with Crippen LogP contribution >= 0.6 is 0 Å². The second-order valence-electron chi connectivity index (χ2n) is 6.71. The lowest BCUT2D eigenvalue weighted by molar-refractivity contribution is 0.251. The molecule has 1 aromatic carbocycles. The summed E-state index contributed by atoms with van der Waals surface area (Å²) < 4.78 is 0. The first-order chi connectivity index (χ1) is 10.1. The molecule has 0 radical (unpaired) electrons. The number of aryl methyl sites for hydroxylation is 2. The molecule has 2 nitrogen and oxygen atoms in total. The van der Waals surface area contributed by atoms with E-state index >= 15 is 0 Å². The summed E-state index contributed by atoms with van der Waals surface area (Å²) in [6.45, 7) is 10.4. The van der Waals surface area contributed by atoms with Crippen molar-refractivity contribution in [2.75, 3.05) is 26.7 Å². The van der Waals surface area contributed by atoms with Crippen LogP contribution in [-0.4, -0.2) is 31.6 Å². The van der Waals surface area contributed by atoms with Gasteiger partial charge in [0.1, 0.15) is 0 Å². The molecule has 118 valence electrons. The third-order valence-electron chi connectivity index (χ3n) is 5.11. The van der Waals surface area contributed by atoms with E-state index in [1.54, 1.807) is 0 Å². The molecule has 1 aromatic rings. The lowest BCUT2D eigenvalue weighted by Gasteiger charge is -2.27. The van der Waals surface area contributed by atoms with Crippen molar-refractivity contribution >= 4 is 0 Å². The predicted octanol–water partition coefficient (Wildman–Crippen LogP) is 4.08. The second kappa shape index (κ2) is 7.95. The van der Waals surface area contributed by atoms with Crippen molar-refractivity contribution in [2.24, 2.45) is 5.92 Å². The van der Waals surface area contributed by atoms with E-state index in [4.69, 9.17) is 0 Å². The number of benzene rings is 1. The summed E-state index contributed by atoms with van der Waals surface area (Å²) in [6, 6.07) is 7.29. The first-order valence-electron chi connectivity index (χ1n) is 8.60. The molecular weight excluding hydrogens is 256 g/mol. The van der Waals surface area contributed by atoms with E-state index < -0.39 is 0 Å². The number of hydrogen-bond donors (Lipinski definition) is 1. The highest BCUT2D eigenvalue weighted by Crippen LogP contribution is 2.24. The lowest BCUT2D eigenvalue weighted by Crippen LogP contribution is -2.35. The molecule has 2 unspecified atom stereocenters. The van der Waals surface area contributed by atoms with Crippen molar-refractivity contribution < 1.29 is 0 Å².